The molecule has 0 amide bonds. The van der Waals surface area contributed by atoms with Gasteiger partial charge in [0.25, 0.3) is 0 Å². The van der Waals surface area contributed by atoms with E-state index in [1.807, 2.05) is 18.2 Å². The quantitative estimate of drug-likeness (QED) is 0.374. The van der Waals surface area contributed by atoms with Crippen molar-refractivity contribution in [3.63, 3.8) is 0 Å². The number of Topliss-reactive ketones (excluding diaryl/α,β-unsaturated/α-hetero) is 1. The maximum absolute atomic E-state index is 11.4. The van der Waals surface area contributed by atoms with Crippen LogP contribution in [0.1, 0.15) is 36.7 Å². The van der Waals surface area contributed by atoms with E-state index < -0.39 is 0 Å². The topological polar surface area (TPSA) is 17.1 Å². The zero-order valence-electron chi connectivity index (χ0n) is 8.79. The van der Waals surface area contributed by atoms with Crippen molar-refractivity contribution in [1.29, 1.82) is 0 Å². The fourth-order valence-electron chi connectivity index (χ4n) is 1.41. The molecule has 0 heterocycles. The number of ketones is 1. The lowest BCUT2D eigenvalue weighted by Crippen LogP contribution is -2.16. The summed E-state index contributed by atoms with van der Waals surface area (Å²) in [6.45, 7) is 6.20. The molecule has 72 valence electrons. The average molecular weight is 186 g/mol. The summed E-state index contributed by atoms with van der Waals surface area (Å²) in [6, 6.07) is 7.49. The predicted octanol–water partition coefficient (Wildman–Crippen LogP) is 2.80. The van der Waals surface area contributed by atoms with E-state index in [0.29, 0.717) is 5.56 Å². The highest BCUT2D eigenvalue weighted by atomic mass is 16.1. The molecule has 0 aliphatic rings. The van der Waals surface area contributed by atoms with Crippen molar-refractivity contribution >= 4 is 5.78 Å². The Bertz CT molecular complexity index is 388. The Kier molecular flexibility index (Phi) is 2.76. The van der Waals surface area contributed by atoms with E-state index in [9.17, 15) is 4.79 Å². The minimum atomic E-state index is -0.240. The summed E-state index contributed by atoms with van der Waals surface area (Å²) >= 11 is 0. The van der Waals surface area contributed by atoms with Crippen LogP contribution in [0.25, 0.3) is 0 Å². The molecule has 0 bridgehead atoms. The van der Waals surface area contributed by atoms with Gasteiger partial charge in [0.1, 0.15) is 0 Å². The van der Waals surface area contributed by atoms with Crippen molar-refractivity contribution in [2.45, 2.75) is 26.2 Å². The van der Waals surface area contributed by atoms with Gasteiger partial charge in [0.05, 0.1) is 0 Å². The van der Waals surface area contributed by atoms with Crippen molar-refractivity contribution in [2.75, 3.05) is 0 Å². The Hall–Kier alpha value is -1.55. The van der Waals surface area contributed by atoms with Crippen LogP contribution in [0.4, 0.5) is 0 Å². The number of benzene rings is 1. The predicted molar refractivity (Wildman–Crippen MR) is 58.3 cm³/mol. The number of hydrogen-bond acceptors (Lipinski definition) is 1. The monoisotopic (exact) mass is 186 g/mol. The summed E-state index contributed by atoms with van der Waals surface area (Å²) in [5.74, 6) is 1.91. The van der Waals surface area contributed by atoms with Crippen LogP contribution in [0.5, 0.6) is 0 Å². The highest BCUT2D eigenvalue weighted by Crippen LogP contribution is 2.25. The van der Waals surface area contributed by atoms with E-state index in [4.69, 9.17) is 6.42 Å². The van der Waals surface area contributed by atoms with Crippen molar-refractivity contribution in [3.05, 3.63) is 35.4 Å². The minimum absolute atomic E-state index is 0.0525. The maximum atomic E-state index is 11.4. The number of carbonyl (C=O) groups excluding carboxylic acids is 1. The van der Waals surface area contributed by atoms with Gasteiger partial charge >= 0.3 is 0 Å². The molecule has 0 saturated heterocycles. The van der Waals surface area contributed by atoms with E-state index >= 15 is 0 Å². The zero-order chi connectivity index (χ0) is 10.8. The second kappa shape index (κ2) is 3.67. The number of rotatable bonds is 1. The normalized spacial score (nSPS) is 10.7. The molecule has 0 N–H and O–H groups in total. The third-order valence-electron chi connectivity index (χ3n) is 2.11. The van der Waals surface area contributed by atoms with Crippen LogP contribution < -0.4 is 0 Å². The molecule has 1 heteroatoms. The number of terminal acetylenes is 1. The highest BCUT2D eigenvalue weighted by Gasteiger charge is 2.19. The maximum Gasteiger partial charge on any atom is 0.235 e. The van der Waals surface area contributed by atoms with Gasteiger partial charge in [-0.05, 0) is 16.9 Å². The van der Waals surface area contributed by atoms with Crippen LogP contribution in [0.15, 0.2) is 24.3 Å². The van der Waals surface area contributed by atoms with Gasteiger partial charge in [0.2, 0.25) is 5.78 Å². The highest BCUT2D eigenvalue weighted by molar-refractivity contribution is 6.09. The van der Waals surface area contributed by atoms with Crippen LogP contribution in [0.3, 0.4) is 0 Å². The molecule has 1 rings (SSSR count). The lowest BCUT2D eigenvalue weighted by atomic mass is 9.83. The molecular formula is C13H14O. The fourth-order valence-corrected chi connectivity index (χ4v) is 1.41. The molecular weight excluding hydrogens is 172 g/mol. The van der Waals surface area contributed by atoms with Crippen LogP contribution >= 0.6 is 0 Å². The molecule has 1 aromatic carbocycles. The molecule has 0 aliphatic heterocycles. The van der Waals surface area contributed by atoms with Gasteiger partial charge in [-0.15, -0.1) is 6.42 Å². The molecule has 0 aliphatic carbocycles. The van der Waals surface area contributed by atoms with Crippen LogP contribution in [0, 0.1) is 12.3 Å². The van der Waals surface area contributed by atoms with E-state index in [1.165, 1.54) is 0 Å². The van der Waals surface area contributed by atoms with Crippen molar-refractivity contribution in [2.24, 2.45) is 0 Å². The van der Waals surface area contributed by atoms with Gasteiger partial charge in [-0.2, -0.15) is 0 Å². The number of carbonyl (C=O) groups is 1. The van der Waals surface area contributed by atoms with Gasteiger partial charge in [-0.3, -0.25) is 4.79 Å². The van der Waals surface area contributed by atoms with Crippen molar-refractivity contribution in [1.82, 2.24) is 0 Å². The molecule has 0 radical (unpaired) electrons. The Morgan fingerprint density at radius 1 is 1.29 bits per heavy atom. The van der Waals surface area contributed by atoms with Crippen molar-refractivity contribution < 1.29 is 4.79 Å². The first kappa shape index (κ1) is 10.5. The SMILES string of the molecule is C#CC(=O)c1ccccc1C(C)(C)C. The lowest BCUT2D eigenvalue weighted by Gasteiger charge is -2.21. The second-order valence-electron chi connectivity index (χ2n) is 4.27. The van der Waals surface area contributed by atoms with Crippen LogP contribution in [-0.2, 0) is 5.41 Å². The van der Waals surface area contributed by atoms with E-state index in [1.54, 1.807) is 6.07 Å². The van der Waals surface area contributed by atoms with E-state index in [2.05, 4.69) is 26.7 Å². The summed E-state index contributed by atoms with van der Waals surface area (Å²) in [4.78, 5) is 11.4. The Balaban J connectivity index is 3.32. The first-order valence-electron chi connectivity index (χ1n) is 4.57. The van der Waals surface area contributed by atoms with Crippen LogP contribution in [-0.4, -0.2) is 5.78 Å². The Morgan fingerprint density at radius 3 is 2.36 bits per heavy atom. The molecule has 0 atom stereocenters. The van der Waals surface area contributed by atoms with Gasteiger partial charge in [-0.1, -0.05) is 45.0 Å². The van der Waals surface area contributed by atoms with Gasteiger partial charge in [0, 0.05) is 5.56 Å². The average Bonchev–Trinajstić information content (AvgIpc) is 2.15. The smallest absolute Gasteiger partial charge is 0.235 e. The van der Waals surface area contributed by atoms with Gasteiger partial charge < -0.3 is 0 Å². The summed E-state index contributed by atoms with van der Waals surface area (Å²) in [5.41, 5.74) is 1.59. The summed E-state index contributed by atoms with van der Waals surface area (Å²) in [6.07, 6.45) is 5.12. The molecule has 14 heavy (non-hydrogen) atoms. The van der Waals surface area contributed by atoms with Crippen molar-refractivity contribution in [3.8, 4) is 12.3 Å². The molecule has 0 unspecified atom stereocenters. The first-order valence-corrected chi connectivity index (χ1v) is 4.57. The summed E-state index contributed by atoms with van der Waals surface area (Å²) in [5, 5.41) is 0. The standard InChI is InChI=1S/C13H14O/c1-5-12(14)10-8-6-7-9-11(10)13(2,3)4/h1,6-9H,2-4H3. The zero-order valence-corrected chi connectivity index (χ0v) is 8.79. The molecule has 0 aromatic heterocycles. The van der Waals surface area contributed by atoms with Gasteiger partial charge in [0.15, 0.2) is 0 Å². The second-order valence-corrected chi connectivity index (χ2v) is 4.27. The van der Waals surface area contributed by atoms with E-state index in [0.717, 1.165) is 5.56 Å². The summed E-state index contributed by atoms with van der Waals surface area (Å²) in [7, 11) is 0. The first-order chi connectivity index (χ1) is 6.46. The molecule has 0 spiro atoms. The Morgan fingerprint density at radius 2 is 1.86 bits per heavy atom. The third-order valence-corrected chi connectivity index (χ3v) is 2.11. The minimum Gasteiger partial charge on any atom is -0.279 e. The van der Waals surface area contributed by atoms with E-state index in [-0.39, 0.29) is 11.2 Å². The van der Waals surface area contributed by atoms with Crippen LogP contribution in [0.2, 0.25) is 0 Å². The Labute approximate surface area is 85.1 Å². The number of hydrogen-bond donors (Lipinski definition) is 0. The fraction of sp³-hybridized carbons (Fsp3) is 0.308. The van der Waals surface area contributed by atoms with Gasteiger partial charge in [-0.25, -0.2) is 0 Å². The summed E-state index contributed by atoms with van der Waals surface area (Å²) < 4.78 is 0. The molecule has 0 saturated carbocycles. The largest absolute Gasteiger partial charge is 0.279 e. The molecule has 1 nitrogen and oxygen atoms in total. The molecule has 1 aromatic rings. The molecule has 0 fully saturated rings. The lowest BCUT2D eigenvalue weighted by molar-refractivity contribution is 0.105. The third kappa shape index (κ3) is 2.03.